The molecule has 0 saturated carbocycles. The molecule has 1 aromatic rings. The molecule has 2 rings (SSSR count). The topological polar surface area (TPSA) is 58.6 Å². The lowest BCUT2D eigenvalue weighted by molar-refractivity contribution is -0.141. The highest BCUT2D eigenvalue weighted by Crippen LogP contribution is 2.38. The maximum Gasteiger partial charge on any atom is 0.308 e. The van der Waals surface area contributed by atoms with Gasteiger partial charge in [0.15, 0.2) is 0 Å². The van der Waals surface area contributed by atoms with Gasteiger partial charge in [-0.3, -0.25) is 4.79 Å². The maximum absolute atomic E-state index is 11.0. The number of nitrogens with one attached hydrogen (secondary N) is 1. The van der Waals surface area contributed by atoms with Crippen LogP contribution in [0, 0.1) is 12.8 Å². The van der Waals surface area contributed by atoms with Crippen molar-refractivity contribution in [3.8, 4) is 5.75 Å². The SMILES string of the molecule is COc1ccc(C)c2c1NC(C(C)C(=O)O)C2. The van der Waals surface area contributed by atoms with Crippen molar-refractivity contribution in [1.29, 1.82) is 0 Å². The quantitative estimate of drug-likeness (QED) is 0.842. The van der Waals surface area contributed by atoms with Gasteiger partial charge >= 0.3 is 5.97 Å². The molecule has 0 saturated heterocycles. The molecule has 1 aliphatic rings. The highest BCUT2D eigenvalue weighted by atomic mass is 16.5. The van der Waals surface area contributed by atoms with Crippen LogP contribution >= 0.6 is 0 Å². The molecule has 0 aliphatic carbocycles. The van der Waals surface area contributed by atoms with Crippen LogP contribution in [0.4, 0.5) is 5.69 Å². The molecular formula is C13H17NO3. The van der Waals surface area contributed by atoms with Crippen LogP contribution < -0.4 is 10.1 Å². The third kappa shape index (κ3) is 1.95. The number of rotatable bonds is 3. The number of fused-ring (bicyclic) bond motifs is 1. The Kier molecular flexibility index (Phi) is 2.96. The van der Waals surface area contributed by atoms with Gasteiger partial charge in [0, 0.05) is 6.04 Å². The first-order valence-corrected chi connectivity index (χ1v) is 5.70. The molecule has 2 unspecified atom stereocenters. The van der Waals surface area contributed by atoms with E-state index in [4.69, 9.17) is 9.84 Å². The van der Waals surface area contributed by atoms with E-state index in [0.29, 0.717) is 0 Å². The molecule has 4 heteroatoms. The highest BCUT2D eigenvalue weighted by molar-refractivity contribution is 5.75. The van der Waals surface area contributed by atoms with Gasteiger partial charge in [-0.25, -0.2) is 0 Å². The van der Waals surface area contributed by atoms with Gasteiger partial charge in [0.25, 0.3) is 0 Å². The predicted octanol–water partition coefficient (Wildman–Crippen LogP) is 2.06. The average Bonchev–Trinajstić information content (AvgIpc) is 2.74. The van der Waals surface area contributed by atoms with Crippen molar-refractivity contribution in [3.05, 3.63) is 23.3 Å². The number of methoxy groups -OCH3 is 1. The Morgan fingerprint density at radius 1 is 1.59 bits per heavy atom. The van der Waals surface area contributed by atoms with Crippen molar-refractivity contribution >= 4 is 11.7 Å². The molecule has 0 amide bonds. The zero-order chi connectivity index (χ0) is 12.6. The number of carboxylic acid groups (broad SMARTS) is 1. The number of aliphatic carboxylic acids is 1. The van der Waals surface area contributed by atoms with Gasteiger partial charge in [0.05, 0.1) is 18.7 Å². The van der Waals surface area contributed by atoms with Gasteiger partial charge in [0.2, 0.25) is 0 Å². The number of aryl methyl sites for hydroxylation is 1. The summed E-state index contributed by atoms with van der Waals surface area (Å²) in [6.07, 6.45) is 0.742. The second-order valence-corrected chi connectivity index (χ2v) is 4.52. The van der Waals surface area contributed by atoms with Crippen molar-refractivity contribution in [3.63, 3.8) is 0 Å². The third-order valence-electron chi connectivity index (χ3n) is 3.48. The molecule has 2 atom stereocenters. The molecule has 4 nitrogen and oxygen atoms in total. The molecule has 1 heterocycles. The molecule has 0 fully saturated rings. The maximum atomic E-state index is 11.0. The largest absolute Gasteiger partial charge is 0.495 e. The average molecular weight is 235 g/mol. The smallest absolute Gasteiger partial charge is 0.308 e. The summed E-state index contributed by atoms with van der Waals surface area (Å²) in [5, 5.41) is 12.3. The number of hydrogen-bond acceptors (Lipinski definition) is 3. The van der Waals surface area contributed by atoms with Crippen LogP contribution in [0.25, 0.3) is 0 Å². The number of benzene rings is 1. The van der Waals surface area contributed by atoms with Crippen LogP contribution in [-0.2, 0) is 11.2 Å². The minimum atomic E-state index is -0.771. The van der Waals surface area contributed by atoms with Crippen LogP contribution in [0.2, 0.25) is 0 Å². The Labute approximate surface area is 101 Å². The summed E-state index contributed by atoms with van der Waals surface area (Å²) in [6.45, 7) is 3.77. The summed E-state index contributed by atoms with van der Waals surface area (Å²) in [4.78, 5) is 11.0. The van der Waals surface area contributed by atoms with Crippen molar-refractivity contribution in [2.24, 2.45) is 5.92 Å². The molecule has 1 aliphatic heterocycles. The van der Waals surface area contributed by atoms with E-state index in [0.717, 1.165) is 17.9 Å². The first-order chi connectivity index (χ1) is 8.04. The fraction of sp³-hybridized carbons (Fsp3) is 0.462. The number of carboxylic acids is 1. The summed E-state index contributed by atoms with van der Waals surface area (Å²) < 4.78 is 5.29. The summed E-state index contributed by atoms with van der Waals surface area (Å²) in [6, 6.07) is 3.86. The minimum Gasteiger partial charge on any atom is -0.495 e. The minimum absolute atomic E-state index is 0.0579. The van der Waals surface area contributed by atoms with Crippen LogP contribution in [0.3, 0.4) is 0 Å². The molecule has 0 aromatic heterocycles. The molecule has 2 N–H and O–H groups in total. The van der Waals surface area contributed by atoms with E-state index in [1.54, 1.807) is 14.0 Å². The zero-order valence-electron chi connectivity index (χ0n) is 10.3. The lowest BCUT2D eigenvalue weighted by Gasteiger charge is -2.16. The molecule has 1 aromatic carbocycles. The molecule has 92 valence electrons. The number of carbonyl (C=O) groups is 1. The summed E-state index contributed by atoms with van der Waals surface area (Å²) >= 11 is 0. The lowest BCUT2D eigenvalue weighted by atomic mass is 9.97. The summed E-state index contributed by atoms with van der Waals surface area (Å²) in [5.41, 5.74) is 3.29. The van der Waals surface area contributed by atoms with Crippen LogP contribution in [0.15, 0.2) is 12.1 Å². The van der Waals surface area contributed by atoms with E-state index in [9.17, 15) is 4.79 Å². The van der Waals surface area contributed by atoms with E-state index in [1.165, 1.54) is 11.1 Å². The summed E-state index contributed by atoms with van der Waals surface area (Å²) in [5.74, 6) is -0.399. The summed E-state index contributed by atoms with van der Waals surface area (Å²) in [7, 11) is 1.63. The fourth-order valence-electron chi connectivity index (χ4n) is 2.25. The monoisotopic (exact) mass is 235 g/mol. The second-order valence-electron chi connectivity index (χ2n) is 4.52. The van der Waals surface area contributed by atoms with Crippen molar-refractivity contribution < 1.29 is 14.6 Å². The van der Waals surface area contributed by atoms with E-state index >= 15 is 0 Å². The molecule has 0 radical (unpaired) electrons. The third-order valence-corrected chi connectivity index (χ3v) is 3.48. The van der Waals surface area contributed by atoms with E-state index < -0.39 is 11.9 Å². The van der Waals surface area contributed by atoms with E-state index in [1.807, 2.05) is 19.1 Å². The highest BCUT2D eigenvalue weighted by Gasteiger charge is 2.32. The first kappa shape index (κ1) is 11.8. The normalized spacial score (nSPS) is 19.4. The molecule has 17 heavy (non-hydrogen) atoms. The number of hydrogen-bond donors (Lipinski definition) is 2. The first-order valence-electron chi connectivity index (χ1n) is 5.70. The Morgan fingerprint density at radius 2 is 2.29 bits per heavy atom. The standard InChI is InChI=1S/C13H17NO3/c1-7-4-5-11(17-3)12-9(7)6-10(14-12)8(2)13(15)16/h4-5,8,10,14H,6H2,1-3H3,(H,15,16). The van der Waals surface area contributed by atoms with E-state index in [-0.39, 0.29) is 6.04 Å². The molecule has 0 bridgehead atoms. The van der Waals surface area contributed by atoms with Gasteiger partial charge in [-0.05, 0) is 37.5 Å². The van der Waals surface area contributed by atoms with Gasteiger partial charge in [-0.2, -0.15) is 0 Å². The van der Waals surface area contributed by atoms with Crippen LogP contribution in [0.1, 0.15) is 18.1 Å². The lowest BCUT2D eigenvalue weighted by Crippen LogP contribution is -2.30. The van der Waals surface area contributed by atoms with Crippen LogP contribution in [0.5, 0.6) is 5.75 Å². The van der Waals surface area contributed by atoms with Crippen molar-refractivity contribution in [2.45, 2.75) is 26.3 Å². The van der Waals surface area contributed by atoms with Gasteiger partial charge in [-0.15, -0.1) is 0 Å². The Bertz CT molecular complexity index is 456. The van der Waals surface area contributed by atoms with Gasteiger partial charge in [0.1, 0.15) is 5.75 Å². The zero-order valence-corrected chi connectivity index (χ0v) is 10.3. The van der Waals surface area contributed by atoms with Crippen molar-refractivity contribution in [1.82, 2.24) is 0 Å². The molecular weight excluding hydrogens is 218 g/mol. The Balaban J connectivity index is 2.32. The predicted molar refractivity (Wildman–Crippen MR) is 65.6 cm³/mol. The molecule has 0 spiro atoms. The van der Waals surface area contributed by atoms with Crippen LogP contribution in [-0.4, -0.2) is 24.2 Å². The van der Waals surface area contributed by atoms with Crippen molar-refractivity contribution in [2.75, 3.05) is 12.4 Å². The number of ether oxygens (including phenoxy) is 1. The Hall–Kier alpha value is -1.71. The second kappa shape index (κ2) is 4.28. The fourth-order valence-corrected chi connectivity index (χ4v) is 2.25. The Morgan fingerprint density at radius 3 is 2.88 bits per heavy atom. The van der Waals surface area contributed by atoms with E-state index in [2.05, 4.69) is 5.32 Å². The van der Waals surface area contributed by atoms with Gasteiger partial charge in [-0.1, -0.05) is 6.07 Å². The van der Waals surface area contributed by atoms with Gasteiger partial charge < -0.3 is 15.2 Å². The number of anilines is 1.